The Labute approximate surface area is 124 Å². The Morgan fingerprint density at radius 3 is 2.48 bits per heavy atom. The number of hydrogen-bond acceptors (Lipinski definition) is 3. The van der Waals surface area contributed by atoms with Crippen molar-refractivity contribution in [3.8, 4) is 0 Å². The van der Waals surface area contributed by atoms with E-state index in [-0.39, 0.29) is 11.4 Å². The van der Waals surface area contributed by atoms with Gasteiger partial charge in [0.15, 0.2) is 0 Å². The van der Waals surface area contributed by atoms with Crippen LogP contribution in [0, 0.1) is 0 Å². The second kappa shape index (κ2) is 6.69. The van der Waals surface area contributed by atoms with Crippen LogP contribution in [0.2, 0.25) is 0 Å². The van der Waals surface area contributed by atoms with E-state index in [0.29, 0.717) is 13.0 Å². The molecule has 0 unspecified atom stereocenters. The largest absolute Gasteiger partial charge is 0.366 e. The third kappa shape index (κ3) is 3.59. The molecule has 0 fully saturated rings. The maximum atomic E-state index is 12.7. The molecule has 1 N–H and O–H groups in total. The highest BCUT2D eigenvalue weighted by Gasteiger charge is 2.26. The average Bonchev–Trinajstić information content (AvgIpc) is 2.48. The zero-order valence-electron chi connectivity index (χ0n) is 11.8. The van der Waals surface area contributed by atoms with Gasteiger partial charge in [0.2, 0.25) is 15.5 Å². The number of aromatic nitrogens is 1. The minimum atomic E-state index is -3.80. The molecular formula is C15H18N2O3S. The molecule has 0 bridgehead atoms. The molecule has 0 atom stereocenters. The van der Waals surface area contributed by atoms with Crippen molar-refractivity contribution in [2.45, 2.75) is 24.8 Å². The number of H-pyrrole nitrogens is 1. The van der Waals surface area contributed by atoms with Gasteiger partial charge in [0.25, 0.3) is 0 Å². The fraction of sp³-hybridized carbons (Fsp3) is 0.267. The summed E-state index contributed by atoms with van der Waals surface area (Å²) < 4.78 is 26.6. The van der Waals surface area contributed by atoms with Gasteiger partial charge < -0.3 is 4.98 Å². The van der Waals surface area contributed by atoms with Gasteiger partial charge in [0, 0.05) is 31.5 Å². The first-order valence-electron chi connectivity index (χ1n) is 6.77. The lowest BCUT2D eigenvalue weighted by Crippen LogP contribution is -2.34. The molecule has 0 aliphatic heterocycles. The van der Waals surface area contributed by atoms with Crippen molar-refractivity contribution < 1.29 is 8.42 Å². The molecule has 0 aliphatic carbocycles. The summed E-state index contributed by atoms with van der Waals surface area (Å²) in [6.07, 6.45) is 3.34. The molecule has 0 aliphatic rings. The molecule has 5 nitrogen and oxygen atoms in total. The first kappa shape index (κ1) is 15.5. The second-order valence-corrected chi connectivity index (χ2v) is 6.60. The summed E-state index contributed by atoms with van der Waals surface area (Å²) in [6.45, 7) is 2.53. The van der Waals surface area contributed by atoms with Crippen LogP contribution in [0.5, 0.6) is 0 Å². The van der Waals surface area contributed by atoms with E-state index in [9.17, 15) is 13.2 Å². The van der Waals surface area contributed by atoms with E-state index in [4.69, 9.17) is 0 Å². The summed E-state index contributed by atoms with van der Waals surface area (Å²) in [6, 6.07) is 10.6. The summed E-state index contributed by atoms with van der Waals surface area (Å²) in [5.74, 6) is 0. The Morgan fingerprint density at radius 2 is 1.86 bits per heavy atom. The molecule has 0 radical (unpaired) electrons. The molecule has 2 aromatic rings. The molecule has 1 heterocycles. The maximum absolute atomic E-state index is 12.7. The first-order chi connectivity index (χ1) is 10.1. The fourth-order valence-electron chi connectivity index (χ4n) is 2.06. The van der Waals surface area contributed by atoms with Gasteiger partial charge in [0.1, 0.15) is 4.90 Å². The Bertz CT molecular complexity index is 739. The van der Waals surface area contributed by atoms with Gasteiger partial charge in [-0.25, -0.2) is 8.42 Å². The van der Waals surface area contributed by atoms with E-state index in [1.807, 2.05) is 37.3 Å². The Hall–Kier alpha value is -1.92. The van der Waals surface area contributed by atoms with Crippen molar-refractivity contribution in [3.63, 3.8) is 0 Å². The van der Waals surface area contributed by atoms with Gasteiger partial charge in [-0.05, 0) is 12.0 Å². The van der Waals surface area contributed by atoms with Crippen LogP contribution in [0.15, 0.2) is 58.5 Å². The standard InChI is InChI=1S/C15H18N2O3S/c1-2-10-17(12-13-6-4-3-5-7-13)21(19,20)15-11-16-9-8-14(15)18/h3-9,11H,2,10,12H2,1H3,(H,16,18). The molecule has 0 saturated carbocycles. The Kier molecular flexibility index (Phi) is 4.93. The van der Waals surface area contributed by atoms with Crippen LogP contribution in [0.1, 0.15) is 18.9 Å². The molecule has 21 heavy (non-hydrogen) atoms. The summed E-state index contributed by atoms with van der Waals surface area (Å²) in [5.41, 5.74) is 0.393. The van der Waals surface area contributed by atoms with Crippen LogP contribution in [0.3, 0.4) is 0 Å². The average molecular weight is 306 g/mol. The van der Waals surface area contributed by atoms with E-state index < -0.39 is 15.5 Å². The van der Waals surface area contributed by atoms with Crippen LogP contribution < -0.4 is 5.43 Å². The van der Waals surface area contributed by atoms with E-state index in [2.05, 4.69) is 4.98 Å². The van der Waals surface area contributed by atoms with Crippen LogP contribution in [-0.4, -0.2) is 24.3 Å². The smallest absolute Gasteiger partial charge is 0.248 e. The molecule has 0 saturated heterocycles. The number of pyridine rings is 1. The lowest BCUT2D eigenvalue weighted by atomic mass is 10.2. The number of benzene rings is 1. The van der Waals surface area contributed by atoms with Crippen molar-refractivity contribution in [2.24, 2.45) is 0 Å². The number of sulfonamides is 1. The fourth-order valence-corrected chi connectivity index (χ4v) is 3.62. The van der Waals surface area contributed by atoms with Gasteiger partial charge in [-0.2, -0.15) is 4.31 Å². The highest BCUT2D eigenvalue weighted by molar-refractivity contribution is 7.89. The van der Waals surface area contributed by atoms with E-state index in [1.54, 1.807) is 0 Å². The summed E-state index contributed by atoms with van der Waals surface area (Å²) >= 11 is 0. The Morgan fingerprint density at radius 1 is 1.14 bits per heavy atom. The lowest BCUT2D eigenvalue weighted by molar-refractivity contribution is 0.405. The Balaban J connectivity index is 2.37. The minimum Gasteiger partial charge on any atom is -0.366 e. The number of aromatic amines is 1. The van der Waals surface area contributed by atoms with E-state index >= 15 is 0 Å². The summed E-state index contributed by atoms with van der Waals surface area (Å²) in [5, 5.41) is 0. The van der Waals surface area contributed by atoms with Crippen molar-refractivity contribution in [1.82, 2.24) is 9.29 Å². The van der Waals surface area contributed by atoms with Crippen LogP contribution in [0.25, 0.3) is 0 Å². The van der Waals surface area contributed by atoms with Crippen molar-refractivity contribution >= 4 is 10.0 Å². The molecular weight excluding hydrogens is 288 g/mol. The lowest BCUT2D eigenvalue weighted by Gasteiger charge is -2.21. The molecule has 1 aromatic heterocycles. The molecule has 0 spiro atoms. The van der Waals surface area contributed by atoms with Crippen LogP contribution in [-0.2, 0) is 16.6 Å². The van der Waals surface area contributed by atoms with Gasteiger partial charge >= 0.3 is 0 Å². The predicted octanol–water partition coefficient (Wildman–Crippen LogP) is 1.98. The molecule has 112 valence electrons. The monoisotopic (exact) mass is 306 g/mol. The quantitative estimate of drug-likeness (QED) is 0.887. The third-order valence-electron chi connectivity index (χ3n) is 3.08. The van der Waals surface area contributed by atoms with E-state index in [1.165, 1.54) is 22.8 Å². The normalized spacial score (nSPS) is 11.7. The molecule has 6 heteroatoms. The van der Waals surface area contributed by atoms with Gasteiger partial charge in [-0.1, -0.05) is 37.3 Å². The molecule has 2 rings (SSSR count). The highest BCUT2D eigenvalue weighted by Crippen LogP contribution is 2.15. The number of hydrogen-bond donors (Lipinski definition) is 1. The SMILES string of the molecule is CCCN(Cc1ccccc1)S(=O)(=O)c1c[nH]ccc1=O. The highest BCUT2D eigenvalue weighted by atomic mass is 32.2. The third-order valence-corrected chi connectivity index (χ3v) is 4.95. The van der Waals surface area contributed by atoms with Gasteiger partial charge in [-0.3, -0.25) is 4.79 Å². The topological polar surface area (TPSA) is 70.2 Å². The molecule has 0 amide bonds. The predicted molar refractivity (Wildman–Crippen MR) is 81.4 cm³/mol. The van der Waals surface area contributed by atoms with E-state index in [0.717, 1.165) is 5.56 Å². The van der Waals surface area contributed by atoms with Crippen molar-refractivity contribution in [3.05, 3.63) is 64.6 Å². The maximum Gasteiger partial charge on any atom is 0.248 e. The summed E-state index contributed by atoms with van der Waals surface area (Å²) in [7, 11) is -3.80. The summed E-state index contributed by atoms with van der Waals surface area (Å²) in [4.78, 5) is 14.3. The molecule has 1 aromatic carbocycles. The number of rotatable bonds is 6. The first-order valence-corrected chi connectivity index (χ1v) is 8.21. The van der Waals surface area contributed by atoms with Crippen LogP contribution in [0.4, 0.5) is 0 Å². The zero-order chi connectivity index (χ0) is 15.3. The van der Waals surface area contributed by atoms with Gasteiger partial charge in [0.05, 0.1) is 0 Å². The minimum absolute atomic E-state index is 0.214. The number of nitrogens with zero attached hydrogens (tertiary/aromatic N) is 1. The van der Waals surface area contributed by atoms with Crippen molar-refractivity contribution in [2.75, 3.05) is 6.54 Å². The van der Waals surface area contributed by atoms with Crippen LogP contribution >= 0.6 is 0 Å². The number of nitrogens with one attached hydrogen (secondary N) is 1. The van der Waals surface area contributed by atoms with Crippen molar-refractivity contribution in [1.29, 1.82) is 0 Å². The zero-order valence-corrected chi connectivity index (χ0v) is 12.6. The van der Waals surface area contributed by atoms with Gasteiger partial charge in [-0.15, -0.1) is 0 Å². The second-order valence-electron chi connectivity index (χ2n) is 4.70.